The topological polar surface area (TPSA) is 46.2 Å². The van der Waals surface area contributed by atoms with E-state index in [0.717, 1.165) is 12.8 Å². The largest absolute Gasteiger partial charge is 0.392 e. The molecule has 0 amide bonds. The quantitative estimate of drug-likeness (QED) is 0.208. The second-order valence-electron chi connectivity index (χ2n) is 7.32. The fraction of sp³-hybridized carbons (Fsp3) is 0.909. The molecule has 0 rings (SSSR count). The van der Waals surface area contributed by atoms with E-state index in [4.69, 9.17) is 5.73 Å². The van der Waals surface area contributed by atoms with Gasteiger partial charge in [0.05, 0.1) is 6.10 Å². The maximum Gasteiger partial charge on any atom is 0.0662 e. The fourth-order valence-electron chi connectivity index (χ4n) is 3.10. The van der Waals surface area contributed by atoms with Gasteiger partial charge in [0, 0.05) is 6.54 Å². The lowest BCUT2D eigenvalue weighted by Crippen LogP contribution is -2.19. The SMILES string of the molecule is CCCCCCCC/C=C\CCCCCCCCCCC(O)CN. The van der Waals surface area contributed by atoms with E-state index in [1.807, 2.05) is 0 Å². The summed E-state index contributed by atoms with van der Waals surface area (Å²) in [5, 5.41) is 9.36. The van der Waals surface area contributed by atoms with Gasteiger partial charge < -0.3 is 10.8 Å². The van der Waals surface area contributed by atoms with Gasteiger partial charge in [-0.1, -0.05) is 96.1 Å². The van der Waals surface area contributed by atoms with Crippen LogP contribution in [0.4, 0.5) is 0 Å². The van der Waals surface area contributed by atoms with Crippen molar-refractivity contribution in [2.75, 3.05) is 6.54 Å². The minimum absolute atomic E-state index is 0.279. The minimum Gasteiger partial charge on any atom is -0.392 e. The third-order valence-corrected chi connectivity index (χ3v) is 4.82. The molecule has 2 nitrogen and oxygen atoms in total. The first kappa shape index (κ1) is 23.7. The van der Waals surface area contributed by atoms with E-state index in [2.05, 4.69) is 19.1 Å². The summed E-state index contributed by atoms with van der Waals surface area (Å²) < 4.78 is 0. The number of hydrogen-bond acceptors (Lipinski definition) is 2. The smallest absolute Gasteiger partial charge is 0.0662 e. The van der Waals surface area contributed by atoms with Crippen LogP contribution in [0, 0.1) is 0 Å². The lowest BCUT2D eigenvalue weighted by Gasteiger charge is -2.06. The van der Waals surface area contributed by atoms with Crippen LogP contribution in [0.2, 0.25) is 0 Å². The van der Waals surface area contributed by atoms with Gasteiger partial charge in [-0.05, 0) is 32.1 Å². The molecule has 0 heterocycles. The lowest BCUT2D eigenvalue weighted by molar-refractivity contribution is 0.168. The van der Waals surface area contributed by atoms with Gasteiger partial charge in [0.15, 0.2) is 0 Å². The molecule has 0 saturated carbocycles. The van der Waals surface area contributed by atoms with E-state index in [1.165, 1.54) is 96.3 Å². The van der Waals surface area contributed by atoms with Crippen LogP contribution < -0.4 is 5.73 Å². The molecular formula is C22H45NO. The number of nitrogens with two attached hydrogens (primary N) is 1. The zero-order chi connectivity index (χ0) is 17.7. The van der Waals surface area contributed by atoms with Gasteiger partial charge in [-0.2, -0.15) is 0 Å². The summed E-state index contributed by atoms with van der Waals surface area (Å²) in [6, 6.07) is 0. The standard InChI is InChI=1S/C22H45NO/c1-2-3-4-5-6-7-8-9-10-11-12-13-14-15-16-17-18-19-20-22(24)21-23/h9-10,22,24H,2-8,11-21,23H2,1H3/b10-9-. The summed E-state index contributed by atoms with van der Waals surface area (Å²) in [6.07, 6.45) is 26.9. The van der Waals surface area contributed by atoms with Crippen LogP contribution in [-0.2, 0) is 0 Å². The second kappa shape index (κ2) is 20.7. The highest BCUT2D eigenvalue weighted by Crippen LogP contribution is 2.12. The first-order valence-electron chi connectivity index (χ1n) is 10.8. The molecule has 0 aromatic heterocycles. The van der Waals surface area contributed by atoms with Crippen LogP contribution in [0.1, 0.15) is 116 Å². The van der Waals surface area contributed by atoms with Crippen LogP contribution >= 0.6 is 0 Å². The summed E-state index contributed by atoms with van der Waals surface area (Å²) in [5.41, 5.74) is 5.39. The van der Waals surface area contributed by atoms with E-state index in [1.54, 1.807) is 0 Å². The highest BCUT2D eigenvalue weighted by Gasteiger charge is 1.99. The van der Waals surface area contributed by atoms with E-state index in [0.29, 0.717) is 6.54 Å². The summed E-state index contributed by atoms with van der Waals surface area (Å²) in [4.78, 5) is 0. The molecule has 1 atom stereocenters. The predicted octanol–water partition coefficient (Wildman–Crippen LogP) is 6.51. The van der Waals surface area contributed by atoms with Gasteiger partial charge in [-0.25, -0.2) is 0 Å². The first-order valence-corrected chi connectivity index (χ1v) is 10.8. The van der Waals surface area contributed by atoms with Crippen molar-refractivity contribution in [2.24, 2.45) is 5.73 Å². The Hall–Kier alpha value is -0.340. The molecule has 0 aromatic carbocycles. The summed E-state index contributed by atoms with van der Waals surface area (Å²) in [7, 11) is 0. The Balaban J connectivity index is 3.08. The molecule has 0 radical (unpaired) electrons. The molecule has 0 aliphatic carbocycles. The molecule has 2 heteroatoms. The predicted molar refractivity (Wildman–Crippen MR) is 108 cm³/mol. The van der Waals surface area contributed by atoms with Crippen molar-refractivity contribution in [3.8, 4) is 0 Å². The number of hydrogen-bond donors (Lipinski definition) is 2. The molecule has 144 valence electrons. The summed E-state index contributed by atoms with van der Waals surface area (Å²) >= 11 is 0. The van der Waals surface area contributed by atoms with Gasteiger partial charge in [0.25, 0.3) is 0 Å². The van der Waals surface area contributed by atoms with Gasteiger partial charge in [0.1, 0.15) is 0 Å². The summed E-state index contributed by atoms with van der Waals surface area (Å²) in [5.74, 6) is 0. The number of allylic oxidation sites excluding steroid dienone is 2. The van der Waals surface area contributed by atoms with Crippen molar-refractivity contribution in [2.45, 2.75) is 122 Å². The third kappa shape index (κ3) is 19.7. The van der Waals surface area contributed by atoms with Crippen molar-refractivity contribution < 1.29 is 5.11 Å². The molecular weight excluding hydrogens is 294 g/mol. The number of unbranched alkanes of at least 4 members (excludes halogenated alkanes) is 14. The molecule has 0 saturated heterocycles. The Kier molecular flexibility index (Phi) is 20.4. The van der Waals surface area contributed by atoms with E-state index >= 15 is 0 Å². The van der Waals surface area contributed by atoms with Crippen molar-refractivity contribution >= 4 is 0 Å². The maximum atomic E-state index is 9.36. The number of aliphatic hydroxyl groups excluding tert-OH is 1. The fourth-order valence-corrected chi connectivity index (χ4v) is 3.10. The second-order valence-corrected chi connectivity index (χ2v) is 7.32. The molecule has 1 unspecified atom stereocenters. The average molecular weight is 340 g/mol. The molecule has 0 fully saturated rings. The Morgan fingerprint density at radius 1 is 0.667 bits per heavy atom. The monoisotopic (exact) mass is 339 g/mol. The van der Waals surface area contributed by atoms with E-state index in [-0.39, 0.29) is 6.10 Å². The van der Waals surface area contributed by atoms with Crippen LogP contribution in [0.5, 0.6) is 0 Å². The van der Waals surface area contributed by atoms with Crippen LogP contribution in [0.15, 0.2) is 12.2 Å². The minimum atomic E-state index is -0.279. The molecule has 0 aliphatic heterocycles. The van der Waals surface area contributed by atoms with Crippen molar-refractivity contribution in [3.63, 3.8) is 0 Å². The van der Waals surface area contributed by atoms with E-state index in [9.17, 15) is 5.11 Å². The average Bonchev–Trinajstić information content (AvgIpc) is 2.60. The van der Waals surface area contributed by atoms with Crippen LogP contribution in [0.3, 0.4) is 0 Å². The first-order chi connectivity index (χ1) is 11.8. The van der Waals surface area contributed by atoms with E-state index < -0.39 is 0 Å². The Morgan fingerprint density at radius 2 is 1.08 bits per heavy atom. The zero-order valence-electron chi connectivity index (χ0n) is 16.5. The zero-order valence-corrected chi connectivity index (χ0v) is 16.5. The van der Waals surface area contributed by atoms with Crippen molar-refractivity contribution in [1.82, 2.24) is 0 Å². The molecule has 0 aromatic rings. The Labute approximate surface area is 152 Å². The van der Waals surface area contributed by atoms with Gasteiger partial charge in [0.2, 0.25) is 0 Å². The van der Waals surface area contributed by atoms with Crippen LogP contribution in [0.25, 0.3) is 0 Å². The van der Waals surface area contributed by atoms with Gasteiger partial charge >= 0.3 is 0 Å². The maximum absolute atomic E-state index is 9.36. The highest BCUT2D eigenvalue weighted by molar-refractivity contribution is 4.81. The molecule has 0 spiro atoms. The Bertz CT molecular complexity index is 252. The number of rotatable bonds is 19. The third-order valence-electron chi connectivity index (χ3n) is 4.82. The number of aliphatic hydroxyl groups is 1. The van der Waals surface area contributed by atoms with Crippen molar-refractivity contribution in [3.05, 3.63) is 12.2 Å². The Morgan fingerprint density at radius 3 is 1.54 bits per heavy atom. The van der Waals surface area contributed by atoms with Crippen molar-refractivity contribution in [1.29, 1.82) is 0 Å². The van der Waals surface area contributed by atoms with Crippen LogP contribution in [-0.4, -0.2) is 17.8 Å². The van der Waals surface area contributed by atoms with Gasteiger partial charge in [-0.15, -0.1) is 0 Å². The summed E-state index contributed by atoms with van der Waals surface area (Å²) in [6.45, 7) is 2.69. The molecule has 0 bridgehead atoms. The highest BCUT2D eigenvalue weighted by atomic mass is 16.3. The molecule has 24 heavy (non-hydrogen) atoms. The molecule has 0 aliphatic rings. The lowest BCUT2D eigenvalue weighted by atomic mass is 10.0. The normalized spacial score (nSPS) is 13.0. The molecule has 3 N–H and O–H groups in total. The van der Waals surface area contributed by atoms with Gasteiger partial charge in [-0.3, -0.25) is 0 Å².